The summed E-state index contributed by atoms with van der Waals surface area (Å²) >= 11 is 5.30. The zero-order chi connectivity index (χ0) is 12.6. The van der Waals surface area contributed by atoms with Gasteiger partial charge in [-0.05, 0) is 52.6 Å². The molecule has 0 saturated carbocycles. The second kappa shape index (κ2) is 4.92. The topological polar surface area (TPSA) is 9.23 Å². The lowest BCUT2D eigenvalue weighted by Gasteiger charge is -2.36. The zero-order valence-corrected chi connectivity index (χ0v) is 14.4. The third-order valence-corrected chi connectivity index (χ3v) is 9.46. The van der Waals surface area contributed by atoms with Gasteiger partial charge in [0.15, 0.2) is 8.32 Å². The Hall–Kier alpha value is 0.357. The number of hydrogen-bond donors (Lipinski definition) is 0. The van der Waals surface area contributed by atoms with Crippen molar-refractivity contribution in [3.8, 4) is 0 Å². The molecule has 0 N–H and O–H groups in total. The zero-order valence-electron chi connectivity index (χ0n) is 11.0. The van der Waals surface area contributed by atoms with Crippen molar-refractivity contribution in [1.82, 2.24) is 0 Å². The van der Waals surface area contributed by atoms with E-state index in [2.05, 4.69) is 62.8 Å². The van der Waals surface area contributed by atoms with Crippen molar-refractivity contribution in [2.24, 2.45) is 0 Å². The average molecular weight is 321 g/mol. The Morgan fingerprint density at radius 1 is 1.38 bits per heavy atom. The van der Waals surface area contributed by atoms with E-state index in [9.17, 15) is 0 Å². The maximum atomic E-state index is 6.20. The fourth-order valence-electron chi connectivity index (χ4n) is 1.10. The SMILES string of the molecule is Cc1sc(Br)cc1CO[Si](C)(C)C(C)(C)C. The van der Waals surface area contributed by atoms with Gasteiger partial charge in [0, 0.05) is 4.88 Å². The molecule has 0 fully saturated rings. The van der Waals surface area contributed by atoms with Crippen molar-refractivity contribution in [1.29, 1.82) is 0 Å². The lowest BCUT2D eigenvalue weighted by atomic mass is 10.2. The van der Waals surface area contributed by atoms with Gasteiger partial charge in [-0.3, -0.25) is 0 Å². The van der Waals surface area contributed by atoms with E-state index in [1.165, 1.54) is 14.2 Å². The van der Waals surface area contributed by atoms with Crippen LogP contribution in [-0.4, -0.2) is 8.32 Å². The molecule has 0 radical (unpaired) electrons. The summed E-state index contributed by atoms with van der Waals surface area (Å²) in [6.45, 7) is 14.3. The summed E-state index contributed by atoms with van der Waals surface area (Å²) in [7, 11) is -1.61. The van der Waals surface area contributed by atoms with E-state index in [0.717, 1.165) is 6.61 Å². The van der Waals surface area contributed by atoms with Crippen LogP contribution in [0.4, 0.5) is 0 Å². The minimum atomic E-state index is -1.61. The van der Waals surface area contributed by atoms with Crippen molar-refractivity contribution < 1.29 is 4.43 Å². The van der Waals surface area contributed by atoms with E-state index in [0.29, 0.717) is 0 Å². The maximum absolute atomic E-state index is 6.20. The van der Waals surface area contributed by atoms with Crippen molar-refractivity contribution in [3.05, 3.63) is 20.3 Å². The molecule has 0 aliphatic rings. The van der Waals surface area contributed by atoms with Gasteiger partial charge in [0.2, 0.25) is 0 Å². The number of thiophene rings is 1. The van der Waals surface area contributed by atoms with Crippen molar-refractivity contribution >= 4 is 35.6 Å². The highest BCUT2D eigenvalue weighted by Gasteiger charge is 2.37. The Bertz CT molecular complexity index is 366. The first-order chi connectivity index (χ1) is 7.13. The predicted molar refractivity (Wildman–Crippen MR) is 78.7 cm³/mol. The summed E-state index contributed by atoms with van der Waals surface area (Å²) in [6.07, 6.45) is 0. The van der Waals surface area contributed by atoms with Gasteiger partial charge >= 0.3 is 0 Å². The lowest BCUT2D eigenvalue weighted by Crippen LogP contribution is -2.40. The van der Waals surface area contributed by atoms with Crippen LogP contribution in [0.1, 0.15) is 31.2 Å². The summed E-state index contributed by atoms with van der Waals surface area (Å²) < 4.78 is 7.39. The van der Waals surface area contributed by atoms with Crippen LogP contribution in [0.2, 0.25) is 18.1 Å². The van der Waals surface area contributed by atoms with Gasteiger partial charge in [-0.25, -0.2) is 0 Å². The quantitative estimate of drug-likeness (QED) is 0.683. The van der Waals surface area contributed by atoms with E-state index in [1.807, 2.05) is 0 Å². The summed E-state index contributed by atoms with van der Waals surface area (Å²) in [6, 6.07) is 2.17. The van der Waals surface area contributed by atoms with Gasteiger partial charge in [-0.2, -0.15) is 0 Å². The molecule has 0 unspecified atom stereocenters. The van der Waals surface area contributed by atoms with Crippen LogP contribution in [0.25, 0.3) is 0 Å². The van der Waals surface area contributed by atoms with E-state index in [1.54, 1.807) is 11.3 Å². The van der Waals surface area contributed by atoms with Gasteiger partial charge < -0.3 is 4.43 Å². The molecule has 0 bridgehead atoms. The Balaban J connectivity index is 2.68. The summed E-state index contributed by atoms with van der Waals surface area (Å²) in [5.74, 6) is 0. The largest absolute Gasteiger partial charge is 0.413 e. The van der Waals surface area contributed by atoms with Crippen molar-refractivity contribution in [3.63, 3.8) is 0 Å². The summed E-state index contributed by atoms with van der Waals surface area (Å²) in [5, 5.41) is 0.286. The van der Waals surface area contributed by atoms with Crippen LogP contribution in [0.3, 0.4) is 0 Å². The molecule has 0 aliphatic heterocycles. The molecule has 1 aromatic rings. The molecular weight excluding hydrogens is 300 g/mol. The Labute approximate surface area is 112 Å². The van der Waals surface area contributed by atoms with Crippen LogP contribution in [-0.2, 0) is 11.0 Å². The Morgan fingerprint density at radius 3 is 2.31 bits per heavy atom. The fourth-order valence-corrected chi connectivity index (χ4v) is 3.79. The number of hydrogen-bond acceptors (Lipinski definition) is 2. The van der Waals surface area contributed by atoms with Gasteiger partial charge in [0.1, 0.15) is 0 Å². The fraction of sp³-hybridized carbons (Fsp3) is 0.667. The van der Waals surface area contributed by atoms with Crippen LogP contribution >= 0.6 is 27.3 Å². The molecule has 92 valence electrons. The van der Waals surface area contributed by atoms with Gasteiger partial charge in [0.25, 0.3) is 0 Å². The van der Waals surface area contributed by atoms with Crippen LogP contribution in [0.5, 0.6) is 0 Å². The highest BCUT2D eigenvalue weighted by atomic mass is 79.9. The molecule has 1 nitrogen and oxygen atoms in total. The lowest BCUT2D eigenvalue weighted by molar-refractivity contribution is 0.276. The van der Waals surface area contributed by atoms with Crippen LogP contribution < -0.4 is 0 Å². The third-order valence-electron chi connectivity index (χ3n) is 3.39. The van der Waals surface area contributed by atoms with E-state index in [-0.39, 0.29) is 5.04 Å². The first-order valence-electron chi connectivity index (χ1n) is 5.52. The first kappa shape index (κ1) is 14.4. The standard InChI is InChI=1S/C12H21BrOSSi/c1-9-10(7-11(13)15-9)8-14-16(5,6)12(2,3)4/h7H,8H2,1-6H3. The third kappa shape index (κ3) is 3.42. The molecule has 0 spiro atoms. The van der Waals surface area contributed by atoms with E-state index < -0.39 is 8.32 Å². The van der Waals surface area contributed by atoms with Crippen LogP contribution in [0, 0.1) is 6.92 Å². The molecular formula is C12H21BrOSSi. The molecule has 16 heavy (non-hydrogen) atoms. The molecule has 0 aromatic carbocycles. The Kier molecular flexibility index (Phi) is 4.44. The predicted octanol–water partition coefficient (Wildman–Crippen LogP) is 5.34. The number of halogens is 1. The molecule has 1 rings (SSSR count). The second-order valence-electron chi connectivity index (χ2n) is 5.68. The summed E-state index contributed by atoms with van der Waals surface area (Å²) in [5.41, 5.74) is 1.32. The highest BCUT2D eigenvalue weighted by molar-refractivity contribution is 9.11. The average Bonchev–Trinajstić information content (AvgIpc) is 2.39. The molecule has 1 heterocycles. The van der Waals surface area contributed by atoms with Crippen LogP contribution in [0.15, 0.2) is 9.85 Å². The maximum Gasteiger partial charge on any atom is 0.192 e. The number of aryl methyl sites for hydroxylation is 1. The minimum Gasteiger partial charge on any atom is -0.413 e. The highest BCUT2D eigenvalue weighted by Crippen LogP contribution is 2.37. The molecule has 0 aliphatic carbocycles. The van der Waals surface area contributed by atoms with E-state index in [4.69, 9.17) is 4.43 Å². The Morgan fingerprint density at radius 2 is 1.94 bits per heavy atom. The van der Waals surface area contributed by atoms with Gasteiger partial charge in [-0.1, -0.05) is 20.8 Å². The first-order valence-corrected chi connectivity index (χ1v) is 10.0. The number of rotatable bonds is 3. The van der Waals surface area contributed by atoms with Crippen molar-refractivity contribution in [2.45, 2.75) is 52.4 Å². The smallest absolute Gasteiger partial charge is 0.192 e. The van der Waals surface area contributed by atoms with Gasteiger partial charge in [-0.15, -0.1) is 11.3 Å². The second-order valence-corrected chi connectivity index (χ2v) is 13.1. The van der Waals surface area contributed by atoms with Gasteiger partial charge in [0.05, 0.1) is 10.4 Å². The molecule has 4 heteroatoms. The summed E-state index contributed by atoms with van der Waals surface area (Å²) in [4.78, 5) is 1.35. The molecule has 0 atom stereocenters. The molecule has 0 amide bonds. The molecule has 1 aromatic heterocycles. The molecule has 0 saturated heterocycles. The van der Waals surface area contributed by atoms with Crippen molar-refractivity contribution in [2.75, 3.05) is 0 Å². The van der Waals surface area contributed by atoms with E-state index >= 15 is 0 Å². The minimum absolute atomic E-state index is 0.286. The normalized spacial score (nSPS) is 13.2. The monoisotopic (exact) mass is 320 g/mol.